The van der Waals surface area contributed by atoms with E-state index in [2.05, 4.69) is 28.9 Å². The number of aryl methyl sites for hydroxylation is 1. The van der Waals surface area contributed by atoms with Crippen molar-refractivity contribution >= 4 is 5.82 Å². The number of ether oxygens (including phenoxy) is 1. The fraction of sp³-hybridized carbons (Fsp3) is 0.583. The fourth-order valence-corrected chi connectivity index (χ4v) is 2.20. The van der Waals surface area contributed by atoms with Gasteiger partial charge in [0.15, 0.2) is 11.5 Å². The third kappa shape index (κ3) is 2.53. The fourth-order valence-electron chi connectivity index (χ4n) is 2.20. The van der Waals surface area contributed by atoms with E-state index in [-0.39, 0.29) is 12.2 Å². The maximum Gasteiger partial charge on any atom is 0.163 e. The van der Waals surface area contributed by atoms with Crippen LogP contribution in [-0.2, 0) is 4.74 Å². The lowest BCUT2D eigenvalue weighted by Crippen LogP contribution is -2.46. The van der Waals surface area contributed by atoms with Crippen LogP contribution in [0.25, 0.3) is 0 Å². The number of nitriles is 1. The Morgan fingerprint density at radius 3 is 2.53 bits per heavy atom. The Kier molecular flexibility index (Phi) is 3.25. The van der Waals surface area contributed by atoms with Gasteiger partial charge in [-0.05, 0) is 32.4 Å². The highest BCUT2D eigenvalue weighted by Crippen LogP contribution is 2.21. The standard InChI is InChI=1S/C12H16N4O/c1-8-4-11(5-13)14-15-12(8)16-6-9(2)17-10(3)7-16/h4,9-10H,6-7H2,1-3H3. The minimum absolute atomic E-state index is 0.190. The predicted octanol–water partition coefficient (Wildman–Crippen LogP) is 1.27. The van der Waals surface area contributed by atoms with Crippen molar-refractivity contribution in [2.45, 2.75) is 33.0 Å². The van der Waals surface area contributed by atoms with Gasteiger partial charge in [-0.2, -0.15) is 5.26 Å². The first-order valence-electron chi connectivity index (χ1n) is 5.75. The van der Waals surface area contributed by atoms with Crippen molar-refractivity contribution in [3.05, 3.63) is 17.3 Å². The Labute approximate surface area is 101 Å². The molecule has 0 amide bonds. The summed E-state index contributed by atoms with van der Waals surface area (Å²) in [6, 6.07) is 3.77. The van der Waals surface area contributed by atoms with E-state index >= 15 is 0 Å². The van der Waals surface area contributed by atoms with E-state index in [1.54, 1.807) is 6.07 Å². The molecule has 1 aromatic heterocycles. The molecule has 17 heavy (non-hydrogen) atoms. The molecule has 0 aromatic carbocycles. The van der Waals surface area contributed by atoms with Gasteiger partial charge < -0.3 is 9.64 Å². The molecule has 90 valence electrons. The monoisotopic (exact) mass is 232 g/mol. The van der Waals surface area contributed by atoms with Crippen LogP contribution in [0.2, 0.25) is 0 Å². The molecule has 0 radical (unpaired) electrons. The maximum atomic E-state index is 8.76. The third-order valence-corrected chi connectivity index (χ3v) is 2.79. The smallest absolute Gasteiger partial charge is 0.163 e. The predicted molar refractivity (Wildman–Crippen MR) is 63.7 cm³/mol. The van der Waals surface area contributed by atoms with E-state index in [0.717, 1.165) is 24.5 Å². The summed E-state index contributed by atoms with van der Waals surface area (Å²) in [5.74, 6) is 0.853. The highest BCUT2D eigenvalue weighted by atomic mass is 16.5. The van der Waals surface area contributed by atoms with Crippen LogP contribution in [0, 0.1) is 18.3 Å². The molecule has 1 aromatic rings. The van der Waals surface area contributed by atoms with Crippen LogP contribution in [0.15, 0.2) is 6.07 Å². The molecule has 0 saturated carbocycles. The average Bonchev–Trinajstić information content (AvgIpc) is 2.27. The van der Waals surface area contributed by atoms with Crippen LogP contribution in [-0.4, -0.2) is 35.5 Å². The summed E-state index contributed by atoms with van der Waals surface area (Å²) < 4.78 is 5.68. The SMILES string of the molecule is Cc1cc(C#N)nnc1N1CC(C)OC(C)C1. The number of nitrogens with zero attached hydrogens (tertiary/aromatic N) is 4. The zero-order valence-electron chi connectivity index (χ0n) is 10.3. The van der Waals surface area contributed by atoms with E-state index < -0.39 is 0 Å². The molecule has 0 aliphatic carbocycles. The van der Waals surface area contributed by atoms with E-state index in [0.29, 0.717) is 5.69 Å². The van der Waals surface area contributed by atoms with Gasteiger partial charge >= 0.3 is 0 Å². The summed E-state index contributed by atoms with van der Waals surface area (Å²) in [6.07, 6.45) is 0.381. The zero-order valence-corrected chi connectivity index (χ0v) is 10.3. The van der Waals surface area contributed by atoms with Crippen molar-refractivity contribution in [3.8, 4) is 6.07 Å². The summed E-state index contributed by atoms with van der Waals surface area (Å²) >= 11 is 0. The number of hydrogen-bond acceptors (Lipinski definition) is 5. The number of anilines is 1. The molecule has 1 saturated heterocycles. The Balaban J connectivity index is 2.25. The summed E-state index contributed by atoms with van der Waals surface area (Å²) in [7, 11) is 0. The lowest BCUT2D eigenvalue weighted by molar-refractivity contribution is -0.00553. The molecule has 0 bridgehead atoms. The quantitative estimate of drug-likeness (QED) is 0.729. The van der Waals surface area contributed by atoms with Crippen LogP contribution >= 0.6 is 0 Å². The number of morpholine rings is 1. The number of hydrogen-bond donors (Lipinski definition) is 0. The first-order valence-corrected chi connectivity index (χ1v) is 5.75. The molecule has 2 atom stereocenters. The second-order valence-corrected chi connectivity index (χ2v) is 4.51. The van der Waals surface area contributed by atoms with Crippen molar-refractivity contribution in [2.24, 2.45) is 0 Å². The van der Waals surface area contributed by atoms with Gasteiger partial charge in [-0.1, -0.05) is 0 Å². The van der Waals surface area contributed by atoms with Gasteiger partial charge in [0, 0.05) is 13.1 Å². The summed E-state index contributed by atoms with van der Waals surface area (Å²) in [6.45, 7) is 7.68. The van der Waals surface area contributed by atoms with Gasteiger partial charge in [0.05, 0.1) is 12.2 Å². The highest BCUT2D eigenvalue weighted by Gasteiger charge is 2.24. The normalized spacial score (nSPS) is 24.5. The van der Waals surface area contributed by atoms with E-state index in [4.69, 9.17) is 10.00 Å². The highest BCUT2D eigenvalue weighted by molar-refractivity contribution is 5.47. The third-order valence-electron chi connectivity index (χ3n) is 2.79. The van der Waals surface area contributed by atoms with Crippen LogP contribution in [0.3, 0.4) is 0 Å². The van der Waals surface area contributed by atoms with Crippen LogP contribution in [0.4, 0.5) is 5.82 Å². The molecule has 5 nitrogen and oxygen atoms in total. The number of aromatic nitrogens is 2. The largest absolute Gasteiger partial charge is 0.372 e. The van der Waals surface area contributed by atoms with Gasteiger partial charge in [0.1, 0.15) is 6.07 Å². The van der Waals surface area contributed by atoms with Gasteiger partial charge in [0.25, 0.3) is 0 Å². The van der Waals surface area contributed by atoms with Crippen molar-refractivity contribution < 1.29 is 4.74 Å². The average molecular weight is 232 g/mol. The summed E-state index contributed by atoms with van der Waals surface area (Å²) in [4.78, 5) is 2.17. The molecule has 0 N–H and O–H groups in total. The van der Waals surface area contributed by atoms with E-state index in [1.807, 2.05) is 13.0 Å². The Morgan fingerprint density at radius 1 is 1.35 bits per heavy atom. The van der Waals surface area contributed by atoms with Crippen LogP contribution in [0.1, 0.15) is 25.1 Å². The minimum atomic E-state index is 0.190. The molecule has 1 fully saturated rings. The van der Waals surface area contributed by atoms with Crippen molar-refractivity contribution in [1.82, 2.24) is 10.2 Å². The lowest BCUT2D eigenvalue weighted by Gasteiger charge is -2.36. The molecule has 5 heteroatoms. The summed E-state index contributed by atoms with van der Waals surface area (Å²) in [5, 5.41) is 16.8. The lowest BCUT2D eigenvalue weighted by atomic mass is 10.2. The van der Waals surface area contributed by atoms with Crippen LogP contribution < -0.4 is 4.90 Å². The molecule has 2 rings (SSSR count). The van der Waals surface area contributed by atoms with Gasteiger partial charge in [-0.3, -0.25) is 0 Å². The molecule has 2 unspecified atom stereocenters. The first kappa shape index (κ1) is 11.8. The second-order valence-electron chi connectivity index (χ2n) is 4.51. The molecule has 0 spiro atoms. The Morgan fingerprint density at radius 2 is 2.00 bits per heavy atom. The van der Waals surface area contributed by atoms with Gasteiger partial charge in [-0.15, -0.1) is 10.2 Å². The van der Waals surface area contributed by atoms with Crippen molar-refractivity contribution in [3.63, 3.8) is 0 Å². The molecule has 2 heterocycles. The summed E-state index contributed by atoms with van der Waals surface area (Å²) in [5.41, 5.74) is 1.35. The molecule has 1 aliphatic rings. The van der Waals surface area contributed by atoms with Crippen molar-refractivity contribution in [2.75, 3.05) is 18.0 Å². The topological polar surface area (TPSA) is 62.0 Å². The Hall–Kier alpha value is -1.67. The Bertz CT molecular complexity index is 444. The second kappa shape index (κ2) is 4.68. The van der Waals surface area contributed by atoms with Gasteiger partial charge in [-0.25, -0.2) is 0 Å². The van der Waals surface area contributed by atoms with Gasteiger partial charge in [0.2, 0.25) is 0 Å². The van der Waals surface area contributed by atoms with Crippen molar-refractivity contribution in [1.29, 1.82) is 5.26 Å². The van der Waals surface area contributed by atoms with E-state index in [9.17, 15) is 0 Å². The molecule has 1 aliphatic heterocycles. The molecular formula is C12H16N4O. The number of rotatable bonds is 1. The minimum Gasteiger partial charge on any atom is -0.372 e. The van der Waals surface area contributed by atoms with E-state index in [1.165, 1.54) is 0 Å². The first-order chi connectivity index (χ1) is 8.10. The zero-order chi connectivity index (χ0) is 12.4. The maximum absolute atomic E-state index is 8.76. The molecular weight excluding hydrogens is 216 g/mol. The van der Waals surface area contributed by atoms with Crippen LogP contribution in [0.5, 0.6) is 0 Å².